The molecule has 0 spiro atoms. The first kappa shape index (κ1) is 18.6. The van der Waals surface area contributed by atoms with Crippen molar-refractivity contribution in [1.29, 1.82) is 0 Å². The molecule has 2 aromatic rings. The molecule has 2 nitrogen and oxygen atoms in total. The van der Waals surface area contributed by atoms with Crippen LogP contribution in [0.5, 0.6) is 5.75 Å². The fourth-order valence-electron chi connectivity index (χ4n) is 3.04. The highest BCUT2D eigenvalue weighted by molar-refractivity contribution is 14.1. The number of hydrogen-bond acceptors (Lipinski definition) is 2. The van der Waals surface area contributed by atoms with E-state index in [0.717, 1.165) is 20.4 Å². The van der Waals surface area contributed by atoms with Gasteiger partial charge in [0.15, 0.2) is 0 Å². The Hall–Kier alpha value is -2.15. The van der Waals surface area contributed by atoms with E-state index in [-0.39, 0.29) is 11.3 Å². The molecule has 0 unspecified atom stereocenters. The van der Waals surface area contributed by atoms with Crippen molar-refractivity contribution in [2.75, 3.05) is 13.7 Å². The minimum absolute atomic E-state index is 0.0761. The molecule has 0 radical (unpaired) electrons. The van der Waals surface area contributed by atoms with Gasteiger partial charge in [-0.1, -0.05) is 36.9 Å². The zero-order valence-corrected chi connectivity index (χ0v) is 16.7. The van der Waals surface area contributed by atoms with Crippen molar-refractivity contribution < 1.29 is 13.5 Å². The summed E-state index contributed by atoms with van der Waals surface area (Å²) in [6, 6.07) is 12.0. The lowest BCUT2D eigenvalue weighted by Crippen LogP contribution is -2.25. The Bertz CT molecular complexity index is 896. The van der Waals surface area contributed by atoms with E-state index in [1.807, 2.05) is 48.2 Å². The van der Waals surface area contributed by atoms with Crippen molar-refractivity contribution in [3.63, 3.8) is 0 Å². The molecule has 26 heavy (non-hydrogen) atoms. The normalized spacial score (nSPS) is 14.6. The first-order valence-corrected chi connectivity index (χ1v) is 9.22. The maximum Gasteiger partial charge on any atom is 0.139 e. The molecule has 0 amide bonds. The molecule has 3 rings (SSSR count). The van der Waals surface area contributed by atoms with Gasteiger partial charge < -0.3 is 9.64 Å². The van der Waals surface area contributed by atoms with E-state index in [9.17, 15) is 8.78 Å². The lowest BCUT2D eigenvalue weighted by molar-refractivity contribution is 0.405. The van der Waals surface area contributed by atoms with Crippen molar-refractivity contribution in [2.24, 2.45) is 0 Å². The number of allylic oxidation sites excluding steroid dienone is 3. The van der Waals surface area contributed by atoms with Gasteiger partial charge >= 0.3 is 0 Å². The van der Waals surface area contributed by atoms with Crippen LogP contribution >= 0.6 is 22.6 Å². The van der Waals surface area contributed by atoms with Gasteiger partial charge in [0.05, 0.1) is 18.4 Å². The number of hydrogen-bond donors (Lipinski definition) is 0. The van der Waals surface area contributed by atoms with Gasteiger partial charge in [0, 0.05) is 33.5 Å². The molecule has 0 atom stereocenters. The van der Waals surface area contributed by atoms with Gasteiger partial charge in [0.25, 0.3) is 0 Å². The van der Waals surface area contributed by atoms with Crippen LogP contribution in [0.25, 0.3) is 11.3 Å². The van der Waals surface area contributed by atoms with Crippen LogP contribution in [0.15, 0.2) is 64.4 Å². The quantitative estimate of drug-likeness (QED) is 0.513. The van der Waals surface area contributed by atoms with Crippen LogP contribution in [0, 0.1) is 11.6 Å². The van der Waals surface area contributed by atoms with Crippen molar-refractivity contribution in [3.05, 3.63) is 87.2 Å². The number of benzene rings is 2. The smallest absolute Gasteiger partial charge is 0.139 e. The Morgan fingerprint density at radius 1 is 1.12 bits per heavy atom. The van der Waals surface area contributed by atoms with Crippen LogP contribution in [0.4, 0.5) is 8.78 Å². The van der Waals surface area contributed by atoms with Gasteiger partial charge in [-0.2, -0.15) is 0 Å². The Balaban J connectivity index is 2.36. The van der Waals surface area contributed by atoms with Crippen LogP contribution < -0.4 is 4.74 Å². The summed E-state index contributed by atoms with van der Waals surface area (Å²) in [4.78, 5) is 1.85. The van der Waals surface area contributed by atoms with Crippen molar-refractivity contribution in [3.8, 4) is 5.75 Å². The Labute approximate surface area is 165 Å². The van der Waals surface area contributed by atoms with E-state index in [1.165, 1.54) is 19.2 Å². The van der Waals surface area contributed by atoms with Crippen LogP contribution in [0.3, 0.4) is 0 Å². The summed E-state index contributed by atoms with van der Waals surface area (Å²) in [6.45, 7) is 6.56. The fraction of sp³-hybridized carbons (Fsp3) is 0.143. The summed E-state index contributed by atoms with van der Waals surface area (Å²) >= 11 is 2.20. The molecule has 1 aliphatic heterocycles. The Morgan fingerprint density at radius 2 is 1.73 bits per heavy atom. The predicted molar refractivity (Wildman–Crippen MR) is 110 cm³/mol. The minimum Gasteiger partial charge on any atom is -0.497 e. The van der Waals surface area contributed by atoms with E-state index in [0.29, 0.717) is 12.2 Å². The summed E-state index contributed by atoms with van der Waals surface area (Å²) in [7, 11) is 1.38. The zero-order chi connectivity index (χ0) is 18.8. The second-order valence-corrected chi connectivity index (χ2v) is 6.94. The molecule has 1 heterocycles. The van der Waals surface area contributed by atoms with Crippen molar-refractivity contribution in [1.82, 2.24) is 4.90 Å². The van der Waals surface area contributed by atoms with Crippen LogP contribution in [0.1, 0.15) is 18.1 Å². The summed E-state index contributed by atoms with van der Waals surface area (Å²) in [6.07, 6.45) is 1.92. The van der Waals surface area contributed by atoms with Crippen molar-refractivity contribution >= 4 is 33.9 Å². The summed E-state index contributed by atoms with van der Waals surface area (Å²) in [5, 5.41) is 0. The van der Waals surface area contributed by atoms with Gasteiger partial charge in [-0.25, -0.2) is 8.78 Å². The Morgan fingerprint density at radius 3 is 2.27 bits per heavy atom. The maximum atomic E-state index is 14.9. The van der Waals surface area contributed by atoms with E-state index in [1.54, 1.807) is 0 Å². The molecule has 0 aromatic heterocycles. The molecular formula is C21H18F2INO. The number of likely N-dealkylation sites (N-methyl/N-ethyl adjacent to an activating group) is 1. The molecule has 0 aliphatic carbocycles. The molecule has 0 fully saturated rings. The third-order valence-corrected chi connectivity index (χ3v) is 5.22. The van der Waals surface area contributed by atoms with Crippen LogP contribution in [0.2, 0.25) is 0 Å². The summed E-state index contributed by atoms with van der Waals surface area (Å²) in [5.41, 5.74) is 2.76. The highest BCUT2D eigenvalue weighted by atomic mass is 127. The molecule has 0 N–H and O–H groups in total. The SMILES string of the molecule is C=C1C(I)=CC(c2ccccc2)=C(c2c(F)cc(OC)cc2F)N1CC. The molecule has 1 aliphatic rings. The van der Waals surface area contributed by atoms with E-state index >= 15 is 0 Å². The second-order valence-electron chi connectivity index (χ2n) is 5.78. The number of nitrogens with zero attached hydrogens (tertiary/aromatic N) is 1. The maximum absolute atomic E-state index is 14.9. The molecule has 0 saturated heterocycles. The molecule has 0 bridgehead atoms. The number of ether oxygens (including phenoxy) is 1. The first-order chi connectivity index (χ1) is 12.5. The van der Waals surface area contributed by atoms with Crippen LogP contribution in [-0.2, 0) is 0 Å². The monoisotopic (exact) mass is 465 g/mol. The number of methoxy groups -OCH3 is 1. The summed E-state index contributed by atoms with van der Waals surface area (Å²) < 4.78 is 35.7. The van der Waals surface area contributed by atoms with Gasteiger partial charge in [-0.3, -0.25) is 0 Å². The predicted octanol–water partition coefficient (Wildman–Crippen LogP) is 6.01. The molecule has 134 valence electrons. The minimum atomic E-state index is -0.665. The van der Waals surface area contributed by atoms with Gasteiger partial charge in [0.2, 0.25) is 0 Å². The highest BCUT2D eigenvalue weighted by Gasteiger charge is 2.29. The van der Waals surface area contributed by atoms with Gasteiger partial charge in [0.1, 0.15) is 17.4 Å². The Kier molecular flexibility index (Phi) is 5.46. The summed E-state index contributed by atoms with van der Waals surface area (Å²) in [5.74, 6) is -1.18. The number of rotatable bonds is 4. The fourth-order valence-corrected chi connectivity index (χ4v) is 3.64. The van der Waals surface area contributed by atoms with E-state index in [2.05, 4.69) is 29.2 Å². The molecule has 2 aromatic carbocycles. The highest BCUT2D eigenvalue weighted by Crippen LogP contribution is 2.43. The van der Waals surface area contributed by atoms with Gasteiger partial charge in [-0.05, 0) is 41.2 Å². The van der Waals surface area contributed by atoms with E-state index in [4.69, 9.17) is 4.74 Å². The lowest BCUT2D eigenvalue weighted by Gasteiger charge is -2.34. The molecular weight excluding hydrogens is 447 g/mol. The second kappa shape index (κ2) is 7.61. The average molecular weight is 465 g/mol. The largest absolute Gasteiger partial charge is 0.497 e. The molecule has 5 heteroatoms. The first-order valence-electron chi connectivity index (χ1n) is 8.15. The lowest BCUT2D eigenvalue weighted by atomic mass is 9.94. The van der Waals surface area contributed by atoms with Gasteiger partial charge in [-0.15, -0.1) is 0 Å². The average Bonchev–Trinajstić information content (AvgIpc) is 2.64. The zero-order valence-electron chi connectivity index (χ0n) is 14.5. The standard InChI is InChI=1S/C21H18F2INO/c1-4-25-13(2)19(24)12-16(14-8-6-5-7-9-14)21(25)20-17(22)10-15(26-3)11-18(20)23/h5-12H,2,4H2,1,3H3. The third kappa shape index (κ3) is 3.28. The van der Waals surface area contributed by atoms with Crippen LogP contribution in [-0.4, -0.2) is 18.6 Å². The van der Waals surface area contributed by atoms with E-state index < -0.39 is 11.6 Å². The number of halogens is 3. The molecule has 0 saturated carbocycles. The van der Waals surface area contributed by atoms with Crippen molar-refractivity contribution in [2.45, 2.75) is 6.92 Å². The topological polar surface area (TPSA) is 12.5 Å². The third-order valence-electron chi connectivity index (χ3n) is 4.29.